The summed E-state index contributed by atoms with van der Waals surface area (Å²) in [6.07, 6.45) is -0.209. The predicted molar refractivity (Wildman–Crippen MR) is 125 cm³/mol. The molecule has 180 valence electrons. The van der Waals surface area contributed by atoms with Gasteiger partial charge in [-0.15, -0.1) is 0 Å². The van der Waals surface area contributed by atoms with Crippen LogP contribution in [0.3, 0.4) is 0 Å². The first-order chi connectivity index (χ1) is 15.7. The zero-order valence-corrected chi connectivity index (χ0v) is 21.0. The number of esters is 1. The van der Waals surface area contributed by atoms with E-state index in [1.807, 2.05) is 13.8 Å². The molecular weight excluding hydrogens is 516 g/mol. The number of hydrogen-bond donors (Lipinski definition) is 2. The van der Waals surface area contributed by atoms with Gasteiger partial charge in [-0.05, 0) is 31.4 Å². The molecule has 1 aromatic rings. The Morgan fingerprint density at radius 3 is 2.70 bits per heavy atom. The summed E-state index contributed by atoms with van der Waals surface area (Å²) >= 11 is 9.86. The van der Waals surface area contributed by atoms with Gasteiger partial charge in [-0.1, -0.05) is 53.5 Å². The van der Waals surface area contributed by atoms with Gasteiger partial charge in [0.1, 0.15) is 11.6 Å². The number of hydrogen-bond acceptors (Lipinski definition) is 6. The molecule has 1 unspecified atom stereocenters. The van der Waals surface area contributed by atoms with Crippen LogP contribution in [-0.4, -0.2) is 69.6 Å². The van der Waals surface area contributed by atoms with E-state index in [0.717, 1.165) is 0 Å². The minimum absolute atomic E-state index is 0.136. The zero-order valence-electron chi connectivity index (χ0n) is 18.7. The predicted octanol–water partition coefficient (Wildman–Crippen LogP) is 2.61. The minimum Gasteiger partial charge on any atom is -0.466 e. The van der Waals surface area contributed by atoms with Gasteiger partial charge in [0.05, 0.1) is 47.9 Å². The number of alkyl halides is 1. The van der Waals surface area contributed by atoms with Crippen molar-refractivity contribution in [1.82, 2.24) is 4.90 Å². The fourth-order valence-corrected chi connectivity index (χ4v) is 6.74. The van der Waals surface area contributed by atoms with Crippen LogP contribution in [0.1, 0.15) is 27.2 Å². The number of halogens is 2. The summed E-state index contributed by atoms with van der Waals surface area (Å²) < 4.78 is 11.6. The average Bonchev–Trinajstić information content (AvgIpc) is 3.34. The Kier molecular flexibility index (Phi) is 6.79. The van der Waals surface area contributed by atoms with Crippen molar-refractivity contribution in [1.29, 1.82) is 0 Å². The number of para-hydroxylation sites is 1. The monoisotopic (exact) mass is 542 g/mol. The van der Waals surface area contributed by atoms with Crippen LogP contribution >= 0.6 is 27.5 Å². The molecule has 0 saturated carbocycles. The van der Waals surface area contributed by atoms with Crippen molar-refractivity contribution >= 4 is 51.0 Å². The number of ether oxygens (including phenoxy) is 2. The van der Waals surface area contributed by atoms with E-state index in [9.17, 15) is 19.5 Å². The van der Waals surface area contributed by atoms with Gasteiger partial charge in [0, 0.05) is 4.83 Å². The quantitative estimate of drug-likeness (QED) is 0.405. The number of fused-ring (bicyclic) bond motifs is 1. The summed E-state index contributed by atoms with van der Waals surface area (Å²) in [5.41, 5.74) is -0.813. The highest BCUT2D eigenvalue weighted by molar-refractivity contribution is 9.09. The van der Waals surface area contributed by atoms with Crippen molar-refractivity contribution in [2.24, 2.45) is 17.8 Å². The molecule has 2 N–H and O–H groups in total. The number of nitrogens with one attached hydrogen (secondary N) is 1. The Bertz CT molecular complexity index is 961. The molecule has 3 fully saturated rings. The van der Waals surface area contributed by atoms with Gasteiger partial charge < -0.3 is 24.8 Å². The Labute approximate surface area is 206 Å². The fourth-order valence-electron chi connectivity index (χ4n) is 5.62. The van der Waals surface area contributed by atoms with E-state index in [0.29, 0.717) is 17.1 Å². The minimum atomic E-state index is -1.22. The molecule has 8 nitrogen and oxygen atoms in total. The van der Waals surface area contributed by atoms with Crippen LogP contribution in [-0.2, 0) is 23.9 Å². The van der Waals surface area contributed by atoms with Crippen molar-refractivity contribution in [3.63, 3.8) is 0 Å². The Morgan fingerprint density at radius 1 is 1.39 bits per heavy atom. The van der Waals surface area contributed by atoms with E-state index in [4.69, 9.17) is 21.1 Å². The number of nitrogens with zero attached hydrogens (tertiary/aromatic N) is 1. The number of rotatable bonds is 7. The van der Waals surface area contributed by atoms with Gasteiger partial charge in [-0.3, -0.25) is 14.4 Å². The van der Waals surface area contributed by atoms with Crippen LogP contribution in [0, 0.1) is 17.8 Å². The van der Waals surface area contributed by atoms with Crippen LogP contribution in [0.5, 0.6) is 0 Å². The first-order valence-corrected chi connectivity index (χ1v) is 12.4. The number of anilines is 1. The van der Waals surface area contributed by atoms with Crippen molar-refractivity contribution in [2.45, 2.75) is 55.8 Å². The van der Waals surface area contributed by atoms with E-state index in [1.165, 1.54) is 4.90 Å². The molecule has 0 aliphatic carbocycles. The summed E-state index contributed by atoms with van der Waals surface area (Å²) in [4.78, 5) is 41.7. The molecule has 1 spiro atoms. The maximum absolute atomic E-state index is 13.8. The normalized spacial score (nSPS) is 33.4. The smallest absolute Gasteiger partial charge is 0.312 e. The molecule has 3 aliphatic heterocycles. The van der Waals surface area contributed by atoms with Crippen molar-refractivity contribution in [3.8, 4) is 0 Å². The van der Waals surface area contributed by atoms with Crippen molar-refractivity contribution < 1.29 is 29.0 Å². The lowest BCUT2D eigenvalue weighted by Gasteiger charge is -2.38. The number of likely N-dealkylation sites (tertiary alicyclic amines) is 1. The third-order valence-corrected chi connectivity index (χ3v) is 8.15. The number of amides is 2. The summed E-state index contributed by atoms with van der Waals surface area (Å²) in [7, 11) is 0. The molecule has 4 rings (SSSR count). The van der Waals surface area contributed by atoms with Crippen molar-refractivity contribution in [2.75, 3.05) is 18.5 Å². The number of carbonyl (C=O) groups excluding carboxylic acids is 3. The topological polar surface area (TPSA) is 105 Å². The average molecular weight is 544 g/mol. The summed E-state index contributed by atoms with van der Waals surface area (Å²) in [5, 5.41) is 13.4. The molecule has 3 aliphatic rings. The molecule has 2 bridgehead atoms. The molecule has 2 amide bonds. The Balaban J connectivity index is 1.79. The van der Waals surface area contributed by atoms with Crippen LogP contribution < -0.4 is 5.32 Å². The van der Waals surface area contributed by atoms with E-state index in [-0.39, 0.29) is 29.9 Å². The largest absolute Gasteiger partial charge is 0.466 e. The lowest BCUT2D eigenvalue weighted by molar-refractivity contribution is -0.155. The first-order valence-electron chi connectivity index (χ1n) is 11.1. The van der Waals surface area contributed by atoms with Crippen LogP contribution in [0.15, 0.2) is 24.3 Å². The molecule has 33 heavy (non-hydrogen) atoms. The Morgan fingerprint density at radius 2 is 2.09 bits per heavy atom. The lowest BCUT2D eigenvalue weighted by atomic mass is 9.70. The maximum atomic E-state index is 13.8. The number of carbonyl (C=O) groups is 3. The highest BCUT2D eigenvalue weighted by atomic mass is 79.9. The second kappa shape index (κ2) is 9.17. The van der Waals surface area contributed by atoms with E-state index in [1.54, 1.807) is 31.2 Å². The van der Waals surface area contributed by atoms with Gasteiger partial charge in [0.25, 0.3) is 0 Å². The summed E-state index contributed by atoms with van der Waals surface area (Å²) in [6, 6.07) is 5.15. The SMILES string of the molecule is CCOC(=O)[C@H]1[C@@H]2O[C@@]3(CC2Br)[C@@H]1C(=O)N([C@@H](CO)C(C)C)[C@@H]3C(=O)Nc1ccccc1Cl. The number of aliphatic hydroxyl groups is 1. The number of benzene rings is 1. The standard InChI is InChI=1S/C23H28BrClN2O6/c1-4-32-22(31)16-17-21(30)27(15(10-28)11(2)3)19(23(17)9-12(24)18(16)33-23)20(29)26-14-8-6-5-7-13(14)25/h5-8,11-12,15-19,28H,4,9-10H2,1-3H3,(H,26,29)/t12?,15-,16+,17-,18+,19+,23-/m0/s1. The van der Waals surface area contributed by atoms with E-state index in [2.05, 4.69) is 21.2 Å². The summed E-state index contributed by atoms with van der Waals surface area (Å²) in [6.45, 7) is 5.30. The second-order valence-electron chi connectivity index (χ2n) is 9.12. The van der Waals surface area contributed by atoms with Crippen LogP contribution in [0.2, 0.25) is 5.02 Å². The van der Waals surface area contributed by atoms with Crippen LogP contribution in [0.4, 0.5) is 5.69 Å². The molecule has 7 atom stereocenters. The summed E-state index contributed by atoms with van der Waals surface area (Å²) in [5.74, 6) is -3.19. The van der Waals surface area contributed by atoms with E-state index < -0.39 is 47.5 Å². The van der Waals surface area contributed by atoms with Gasteiger partial charge in [-0.25, -0.2) is 0 Å². The first kappa shape index (κ1) is 24.4. The van der Waals surface area contributed by atoms with Crippen molar-refractivity contribution in [3.05, 3.63) is 29.3 Å². The maximum Gasteiger partial charge on any atom is 0.312 e. The molecule has 3 saturated heterocycles. The third-order valence-electron chi connectivity index (χ3n) is 6.98. The van der Waals surface area contributed by atoms with Gasteiger partial charge >= 0.3 is 5.97 Å². The second-order valence-corrected chi connectivity index (χ2v) is 10.7. The van der Waals surface area contributed by atoms with E-state index >= 15 is 0 Å². The third kappa shape index (κ3) is 3.77. The molecular formula is C23H28BrClN2O6. The molecule has 0 aromatic heterocycles. The zero-order chi connectivity index (χ0) is 24.1. The molecule has 3 heterocycles. The molecule has 10 heteroatoms. The molecule has 1 aromatic carbocycles. The highest BCUT2D eigenvalue weighted by Gasteiger charge is 2.77. The lowest BCUT2D eigenvalue weighted by Crippen LogP contribution is -2.57. The molecule has 0 radical (unpaired) electrons. The van der Waals surface area contributed by atoms with Gasteiger partial charge in [0.15, 0.2) is 0 Å². The fraction of sp³-hybridized carbons (Fsp3) is 0.609. The van der Waals surface area contributed by atoms with Gasteiger partial charge in [-0.2, -0.15) is 0 Å². The van der Waals surface area contributed by atoms with Gasteiger partial charge in [0.2, 0.25) is 11.8 Å². The highest BCUT2D eigenvalue weighted by Crippen LogP contribution is 2.60. The van der Waals surface area contributed by atoms with Crippen LogP contribution in [0.25, 0.3) is 0 Å². The Hall–Kier alpha value is -1.68. The number of aliphatic hydroxyl groups excluding tert-OH is 1.